The molecule has 0 rings (SSSR count). The fourth-order valence-corrected chi connectivity index (χ4v) is 1.77. The van der Waals surface area contributed by atoms with Crippen LogP contribution in [-0.4, -0.2) is 180 Å². The average molecular weight is 446 g/mol. The Morgan fingerprint density at radius 2 is 1.00 bits per heavy atom. The molecule has 1 atom stereocenters. The van der Waals surface area contributed by atoms with E-state index in [1.165, 1.54) is 0 Å². The van der Waals surface area contributed by atoms with Gasteiger partial charge in [0.15, 0.2) is 5.60 Å². The van der Waals surface area contributed by atoms with Gasteiger partial charge in [-0.05, 0) is 0 Å². The van der Waals surface area contributed by atoms with Crippen molar-refractivity contribution in [3.8, 4) is 0 Å². The second kappa shape index (κ2) is 13.3. The molecule has 0 saturated heterocycles. The van der Waals surface area contributed by atoms with Crippen LogP contribution in [0.15, 0.2) is 0 Å². The van der Waals surface area contributed by atoms with Crippen molar-refractivity contribution in [2.45, 2.75) is 36.9 Å². The Kier molecular flexibility index (Phi) is 15.6. The van der Waals surface area contributed by atoms with Gasteiger partial charge in [0.05, 0.1) is 25.7 Å². The Labute approximate surface area is 235 Å². The summed E-state index contributed by atoms with van der Waals surface area (Å²) in [6, 6.07) is 0. The molecule has 0 spiro atoms. The number of rotatable bonds is 11. The van der Waals surface area contributed by atoms with E-state index in [-0.39, 0.29) is 103 Å². The third-order valence-electron chi connectivity index (χ3n) is 2.85. The van der Waals surface area contributed by atoms with Gasteiger partial charge in [0, 0.05) is 0 Å². The first kappa shape index (κ1) is 31.7. The molecule has 0 radical (unpaired) electrons. The molecule has 0 aromatic heterocycles. The van der Waals surface area contributed by atoms with E-state index in [1.807, 2.05) is 0 Å². The molecule has 0 fully saturated rings. The van der Waals surface area contributed by atoms with E-state index >= 15 is 0 Å². The number of ether oxygens (including phenoxy) is 1. The van der Waals surface area contributed by atoms with Gasteiger partial charge in [-0.15, -0.1) is 0 Å². The first-order chi connectivity index (χ1) is 11.2. The van der Waals surface area contributed by atoms with Crippen LogP contribution in [0.4, 0.5) is 0 Å². The Bertz CT molecular complexity index is 600. The fraction of sp³-hybridized carbons (Fsp3) is 0.500. The van der Waals surface area contributed by atoms with Gasteiger partial charge < -0.3 is 35.4 Å². The summed E-state index contributed by atoms with van der Waals surface area (Å²) in [5, 5.41) is 53.5. The third kappa shape index (κ3) is 11.0. The van der Waals surface area contributed by atoms with Crippen molar-refractivity contribution in [1.82, 2.24) is 0 Å². The number of hydrogen-bond acceptors (Lipinski definition) is 8. The van der Waals surface area contributed by atoms with Gasteiger partial charge in [-0.1, -0.05) is 0 Å². The summed E-state index contributed by atoms with van der Waals surface area (Å²) >= 11 is 0. The minimum atomic E-state index is -3.17. The van der Waals surface area contributed by atoms with E-state index in [1.54, 1.807) is 0 Å². The molecule has 0 aliphatic heterocycles. The molecule has 13 nitrogen and oxygen atoms in total. The first-order valence-corrected chi connectivity index (χ1v) is 6.30. The molecule has 27 heavy (non-hydrogen) atoms. The van der Waals surface area contributed by atoms with Gasteiger partial charge in [0.2, 0.25) is 5.60 Å². The number of aliphatic carboxylic acids is 5. The monoisotopic (exact) mass is 446 g/mol. The van der Waals surface area contributed by atoms with Gasteiger partial charge in [0.1, 0.15) is 0 Å². The molecule has 0 amide bonds. The van der Waals surface area contributed by atoms with Crippen LogP contribution in [0.2, 0.25) is 0 Å². The maximum atomic E-state index is 11.7. The molecule has 0 saturated carbocycles. The van der Waals surface area contributed by atoms with Gasteiger partial charge >= 0.3 is 139 Å². The Hall–Kier alpha value is 0.0527. The van der Waals surface area contributed by atoms with Crippen molar-refractivity contribution in [3.05, 3.63) is 0 Å². The van der Waals surface area contributed by atoms with E-state index in [0.29, 0.717) is 0 Å². The summed E-state index contributed by atoms with van der Waals surface area (Å²) in [5.41, 5.74) is -6.24. The summed E-state index contributed by atoms with van der Waals surface area (Å²) in [5.74, 6) is -11.6. The van der Waals surface area contributed by atoms with E-state index < -0.39 is 72.7 Å². The van der Waals surface area contributed by atoms with E-state index in [4.69, 9.17) is 25.5 Å². The predicted octanol–water partition coefficient (Wildman–Crippen LogP) is -3.31. The van der Waals surface area contributed by atoms with Gasteiger partial charge in [0.25, 0.3) is 0 Å². The van der Waals surface area contributed by atoms with Crippen molar-refractivity contribution < 1.29 is 64.1 Å². The van der Waals surface area contributed by atoms with Crippen LogP contribution >= 0.6 is 0 Å². The zero-order valence-corrected chi connectivity index (χ0v) is 12.4. The number of hydrogen-bond donors (Lipinski definition) is 6. The average Bonchev–Trinajstić information content (AvgIpc) is 2.34. The van der Waals surface area contributed by atoms with Crippen LogP contribution in [0.5, 0.6) is 0 Å². The van der Waals surface area contributed by atoms with Crippen molar-refractivity contribution in [2.24, 2.45) is 0 Å². The van der Waals surface area contributed by atoms with Crippen LogP contribution < -0.4 is 0 Å². The number of carboxylic acids is 5. The SMILES string of the molecule is O=C(O)CC(O)(CC(=O)OC(CC(=O)O)(CC(=O)O)C(=O)O)C(=O)O.[KH].[KH]. The van der Waals surface area contributed by atoms with Crippen molar-refractivity contribution in [2.75, 3.05) is 0 Å². The second-order valence-electron chi connectivity index (χ2n) is 5.00. The second-order valence-corrected chi connectivity index (χ2v) is 5.00. The van der Waals surface area contributed by atoms with Crippen LogP contribution in [0, 0.1) is 0 Å². The first-order valence-electron chi connectivity index (χ1n) is 6.30. The summed E-state index contributed by atoms with van der Waals surface area (Å²) in [6.45, 7) is 0. The fourth-order valence-electron chi connectivity index (χ4n) is 1.77. The van der Waals surface area contributed by atoms with Crippen LogP contribution in [0.25, 0.3) is 0 Å². The number of aliphatic hydroxyl groups is 1. The number of carboxylic acid groups (broad SMARTS) is 5. The topological polar surface area (TPSA) is 233 Å². The molecular weight excluding hydrogens is 430 g/mol. The van der Waals surface area contributed by atoms with Gasteiger partial charge in [-0.3, -0.25) is 19.2 Å². The van der Waals surface area contributed by atoms with E-state index in [9.17, 15) is 33.9 Å². The molecule has 0 aromatic carbocycles. The van der Waals surface area contributed by atoms with Crippen LogP contribution in [-0.2, 0) is 33.5 Å². The molecule has 0 aliphatic carbocycles. The van der Waals surface area contributed by atoms with E-state index in [0.717, 1.165) is 0 Å². The minimum absolute atomic E-state index is 0. The molecule has 0 aromatic rings. The Morgan fingerprint density at radius 3 is 1.26 bits per heavy atom. The zero-order chi connectivity index (χ0) is 20.0. The molecule has 15 heteroatoms. The number of carbonyl (C=O) groups is 6. The van der Waals surface area contributed by atoms with Gasteiger partial charge in [-0.2, -0.15) is 0 Å². The summed E-state index contributed by atoms with van der Waals surface area (Å²) in [6.07, 6.45) is -5.94. The molecule has 0 aliphatic rings. The van der Waals surface area contributed by atoms with Crippen LogP contribution in [0.1, 0.15) is 25.7 Å². The maximum absolute atomic E-state index is 11.7. The van der Waals surface area contributed by atoms with Crippen LogP contribution in [0.3, 0.4) is 0 Å². The number of carbonyl (C=O) groups excluding carboxylic acids is 1. The van der Waals surface area contributed by atoms with Gasteiger partial charge in [-0.25, -0.2) is 9.59 Å². The van der Waals surface area contributed by atoms with Crippen molar-refractivity contribution >= 4 is 139 Å². The molecule has 144 valence electrons. The summed E-state index contributed by atoms with van der Waals surface area (Å²) < 4.78 is 4.33. The molecule has 0 bridgehead atoms. The summed E-state index contributed by atoms with van der Waals surface area (Å²) in [4.78, 5) is 66.0. The quantitative estimate of drug-likeness (QED) is 0.135. The predicted molar refractivity (Wildman–Crippen MR) is 84.7 cm³/mol. The van der Waals surface area contributed by atoms with Crippen molar-refractivity contribution in [1.29, 1.82) is 0 Å². The summed E-state index contributed by atoms with van der Waals surface area (Å²) in [7, 11) is 0. The number of esters is 1. The third-order valence-corrected chi connectivity index (χ3v) is 2.85. The standard InChI is InChI=1S/C12H14O13.2K.2H/c13-5(14)1-11(24,9(20)21)4-8(19)25-12(10(22)23,2-6(15)16)3-7(17)18;;;;/h24H,1-4H2,(H,13,14)(H,15,16)(H,17,18)(H,20,21)(H,22,23);;;;. The molecule has 6 N–H and O–H groups in total. The Morgan fingerprint density at radius 1 is 0.630 bits per heavy atom. The molecule has 0 heterocycles. The molecule has 1 unspecified atom stereocenters. The normalized spacial score (nSPS) is 12.3. The zero-order valence-electron chi connectivity index (χ0n) is 12.4. The molecular formula is C12H16K2O13. The Balaban J connectivity index is -0.00000288. The van der Waals surface area contributed by atoms with E-state index in [2.05, 4.69) is 4.74 Å². The van der Waals surface area contributed by atoms with Crippen molar-refractivity contribution in [3.63, 3.8) is 0 Å².